The summed E-state index contributed by atoms with van der Waals surface area (Å²) in [6.07, 6.45) is -4.86. The fraction of sp³-hybridized carbons (Fsp3) is 0.143. The molecule has 7 heteroatoms. The van der Waals surface area contributed by atoms with Crippen molar-refractivity contribution in [2.75, 3.05) is 0 Å². The number of aromatic nitrogens is 1. The fourth-order valence-corrected chi connectivity index (χ4v) is 4.09. The summed E-state index contributed by atoms with van der Waals surface area (Å²) in [6, 6.07) is 21.2. The Kier molecular flexibility index (Phi) is 6.23. The van der Waals surface area contributed by atoms with Crippen molar-refractivity contribution in [3.8, 4) is 34.2 Å². The summed E-state index contributed by atoms with van der Waals surface area (Å²) < 4.78 is 42.6. The maximum absolute atomic E-state index is 13.8. The molecule has 0 saturated heterocycles. The van der Waals surface area contributed by atoms with Crippen molar-refractivity contribution in [1.29, 1.82) is 5.26 Å². The molecule has 176 valence electrons. The van der Waals surface area contributed by atoms with Gasteiger partial charge in [0.15, 0.2) is 0 Å². The minimum Gasteiger partial charge on any atom is -0.508 e. The largest absolute Gasteiger partial charge is 0.508 e. The molecule has 4 nitrogen and oxygen atoms in total. The van der Waals surface area contributed by atoms with Crippen molar-refractivity contribution in [3.63, 3.8) is 0 Å². The van der Waals surface area contributed by atoms with Crippen molar-refractivity contribution >= 4 is 0 Å². The predicted molar refractivity (Wildman–Crippen MR) is 128 cm³/mol. The second-order valence-corrected chi connectivity index (χ2v) is 8.38. The van der Waals surface area contributed by atoms with Crippen LogP contribution in [0, 0.1) is 25.2 Å². The molecular weight excluding hydrogens is 453 g/mol. The van der Waals surface area contributed by atoms with Gasteiger partial charge in [0.2, 0.25) is 0 Å². The molecule has 4 rings (SSSR count). The SMILES string of the molecule is Cc1ccc(Cn2c(-c3ccc(-c4cccc(O)c4)cc3)cc(C(F)(F)F)c(C#N)c2=O)c(C)c1. The van der Waals surface area contributed by atoms with Gasteiger partial charge in [-0.05, 0) is 59.9 Å². The van der Waals surface area contributed by atoms with Crippen molar-refractivity contribution < 1.29 is 18.3 Å². The van der Waals surface area contributed by atoms with E-state index in [-0.39, 0.29) is 18.0 Å². The molecule has 0 aliphatic rings. The molecule has 3 aromatic carbocycles. The topological polar surface area (TPSA) is 66.0 Å². The van der Waals surface area contributed by atoms with Crippen LogP contribution in [0.4, 0.5) is 13.2 Å². The number of nitriles is 1. The number of hydrogen-bond donors (Lipinski definition) is 1. The van der Waals surface area contributed by atoms with E-state index in [2.05, 4.69) is 0 Å². The lowest BCUT2D eigenvalue weighted by Gasteiger charge is -2.19. The van der Waals surface area contributed by atoms with Crippen LogP contribution in [0.1, 0.15) is 27.8 Å². The third-order valence-corrected chi connectivity index (χ3v) is 5.90. The smallest absolute Gasteiger partial charge is 0.417 e. The Morgan fingerprint density at radius 2 is 1.60 bits per heavy atom. The molecule has 0 saturated carbocycles. The lowest BCUT2D eigenvalue weighted by molar-refractivity contribution is -0.137. The number of halogens is 3. The quantitative estimate of drug-likeness (QED) is 0.370. The number of rotatable bonds is 4. The van der Waals surface area contributed by atoms with Crippen molar-refractivity contribution in [2.45, 2.75) is 26.6 Å². The molecule has 0 atom stereocenters. The summed E-state index contributed by atoms with van der Waals surface area (Å²) in [6.45, 7) is 3.81. The van der Waals surface area contributed by atoms with E-state index >= 15 is 0 Å². The monoisotopic (exact) mass is 474 g/mol. The van der Waals surface area contributed by atoms with Gasteiger partial charge in [0.25, 0.3) is 5.56 Å². The van der Waals surface area contributed by atoms with Gasteiger partial charge in [-0.25, -0.2) is 0 Å². The van der Waals surface area contributed by atoms with Crippen molar-refractivity contribution in [3.05, 3.63) is 111 Å². The van der Waals surface area contributed by atoms with E-state index < -0.39 is 22.9 Å². The van der Waals surface area contributed by atoms with Gasteiger partial charge in [0.05, 0.1) is 17.8 Å². The summed E-state index contributed by atoms with van der Waals surface area (Å²) in [7, 11) is 0. The lowest BCUT2D eigenvalue weighted by atomic mass is 9.99. The first-order valence-corrected chi connectivity index (χ1v) is 10.8. The van der Waals surface area contributed by atoms with E-state index in [1.807, 2.05) is 32.0 Å². The van der Waals surface area contributed by atoms with Crippen LogP contribution in [0.3, 0.4) is 0 Å². The molecule has 0 fully saturated rings. The second-order valence-electron chi connectivity index (χ2n) is 8.38. The van der Waals surface area contributed by atoms with Gasteiger partial charge in [-0.2, -0.15) is 18.4 Å². The Morgan fingerprint density at radius 3 is 2.20 bits per heavy atom. The summed E-state index contributed by atoms with van der Waals surface area (Å²) in [5, 5.41) is 19.1. The maximum Gasteiger partial charge on any atom is 0.417 e. The molecule has 35 heavy (non-hydrogen) atoms. The van der Waals surface area contributed by atoms with Crippen LogP contribution in [0.15, 0.2) is 77.6 Å². The summed E-state index contributed by atoms with van der Waals surface area (Å²) >= 11 is 0. The summed E-state index contributed by atoms with van der Waals surface area (Å²) in [5.41, 5.74) is 1.43. The van der Waals surface area contributed by atoms with Crippen LogP contribution in [-0.2, 0) is 12.7 Å². The highest BCUT2D eigenvalue weighted by Crippen LogP contribution is 2.34. The Hall–Kier alpha value is -4.31. The number of alkyl halides is 3. The van der Waals surface area contributed by atoms with Crippen LogP contribution >= 0.6 is 0 Å². The van der Waals surface area contributed by atoms with Gasteiger partial charge >= 0.3 is 6.18 Å². The van der Waals surface area contributed by atoms with E-state index in [1.54, 1.807) is 48.5 Å². The average Bonchev–Trinajstić information content (AvgIpc) is 2.81. The highest BCUT2D eigenvalue weighted by molar-refractivity contribution is 5.70. The maximum atomic E-state index is 13.8. The van der Waals surface area contributed by atoms with Gasteiger partial charge in [-0.1, -0.05) is 60.2 Å². The second kappa shape index (κ2) is 9.15. The van der Waals surface area contributed by atoms with E-state index in [4.69, 9.17) is 0 Å². The van der Waals surface area contributed by atoms with E-state index in [0.717, 1.165) is 33.9 Å². The zero-order chi connectivity index (χ0) is 25.3. The normalized spacial score (nSPS) is 11.3. The molecule has 0 unspecified atom stereocenters. The number of nitrogens with zero attached hydrogens (tertiary/aromatic N) is 2. The molecular formula is C28H21F3N2O2. The molecule has 1 aromatic heterocycles. The summed E-state index contributed by atoms with van der Waals surface area (Å²) in [5.74, 6) is 0.0933. The Balaban J connectivity index is 1.91. The van der Waals surface area contributed by atoms with Crippen LogP contribution in [0.2, 0.25) is 0 Å². The molecule has 0 radical (unpaired) electrons. The Bertz CT molecular complexity index is 1510. The molecule has 0 aliphatic carbocycles. The summed E-state index contributed by atoms with van der Waals surface area (Å²) in [4.78, 5) is 13.2. The zero-order valence-electron chi connectivity index (χ0n) is 19.0. The molecule has 4 aromatic rings. The number of phenolic OH excluding ortho intramolecular Hbond substituents is 1. The third-order valence-electron chi connectivity index (χ3n) is 5.90. The average molecular weight is 474 g/mol. The van der Waals surface area contributed by atoms with Gasteiger partial charge < -0.3 is 9.67 Å². The first kappa shape index (κ1) is 23.8. The van der Waals surface area contributed by atoms with Gasteiger partial charge in [0, 0.05) is 0 Å². The molecule has 0 bridgehead atoms. The minimum atomic E-state index is -4.86. The van der Waals surface area contributed by atoms with E-state index in [1.165, 1.54) is 10.6 Å². The standard InChI is InChI=1S/C28H21F3N2O2/c1-17-6-7-22(18(2)12-17)16-33-26(14-25(28(29,30)31)24(15-32)27(33)35)20-10-8-19(9-11-20)21-4-3-5-23(34)13-21/h3-14,34H,16H2,1-2H3. The first-order chi connectivity index (χ1) is 16.6. The molecule has 0 spiro atoms. The van der Waals surface area contributed by atoms with Gasteiger partial charge in [-0.15, -0.1) is 0 Å². The number of benzene rings is 3. The number of hydrogen-bond acceptors (Lipinski definition) is 3. The Morgan fingerprint density at radius 1 is 0.914 bits per heavy atom. The van der Waals surface area contributed by atoms with Crippen LogP contribution in [-0.4, -0.2) is 9.67 Å². The lowest BCUT2D eigenvalue weighted by Crippen LogP contribution is -2.29. The number of pyridine rings is 1. The molecule has 1 heterocycles. The molecule has 0 aliphatic heterocycles. The van der Waals surface area contributed by atoms with Gasteiger partial charge in [-0.3, -0.25) is 4.79 Å². The highest BCUT2D eigenvalue weighted by Gasteiger charge is 2.36. The van der Waals surface area contributed by atoms with Crippen LogP contribution < -0.4 is 5.56 Å². The Labute approximate surface area is 200 Å². The highest BCUT2D eigenvalue weighted by atomic mass is 19.4. The number of aryl methyl sites for hydroxylation is 2. The van der Waals surface area contributed by atoms with E-state index in [9.17, 15) is 28.3 Å². The third kappa shape index (κ3) is 4.82. The minimum absolute atomic E-state index is 0.0153. The molecule has 0 amide bonds. The van der Waals surface area contributed by atoms with Crippen molar-refractivity contribution in [2.24, 2.45) is 0 Å². The van der Waals surface area contributed by atoms with E-state index in [0.29, 0.717) is 5.56 Å². The molecule has 1 N–H and O–H groups in total. The number of phenols is 1. The first-order valence-electron chi connectivity index (χ1n) is 10.8. The predicted octanol–water partition coefficient (Wildman–Crippen LogP) is 6.44. The number of aromatic hydroxyl groups is 1. The van der Waals surface area contributed by atoms with Crippen molar-refractivity contribution in [1.82, 2.24) is 4.57 Å². The van der Waals surface area contributed by atoms with Gasteiger partial charge in [0.1, 0.15) is 17.4 Å². The zero-order valence-corrected chi connectivity index (χ0v) is 19.0. The van der Waals surface area contributed by atoms with Crippen LogP contribution in [0.25, 0.3) is 22.4 Å². The fourth-order valence-electron chi connectivity index (χ4n) is 4.09. The van der Waals surface area contributed by atoms with Crippen LogP contribution in [0.5, 0.6) is 5.75 Å².